The predicted octanol–water partition coefficient (Wildman–Crippen LogP) is 6.02. The van der Waals surface area contributed by atoms with Gasteiger partial charge in [0.2, 0.25) is 0 Å². The topological polar surface area (TPSA) is 36.4 Å². The molecule has 178 valence electrons. The van der Waals surface area contributed by atoms with Crippen molar-refractivity contribution in [3.8, 4) is 11.3 Å². The fraction of sp³-hybridized carbons (Fsp3) is 0.185. The molecule has 3 aromatic carbocycles. The summed E-state index contributed by atoms with van der Waals surface area (Å²) in [5.41, 5.74) is 2.07. The maximum Gasteiger partial charge on any atom is 0.416 e. The molecule has 5 rings (SSSR count). The van der Waals surface area contributed by atoms with E-state index in [1.807, 2.05) is 35.2 Å². The lowest BCUT2D eigenvalue weighted by atomic mass is 10.0. The highest BCUT2D eigenvalue weighted by Gasteiger charge is 2.31. The van der Waals surface area contributed by atoms with E-state index in [1.165, 1.54) is 18.2 Å². The van der Waals surface area contributed by atoms with Crippen molar-refractivity contribution >= 4 is 22.5 Å². The molecule has 4 aromatic rings. The van der Waals surface area contributed by atoms with Crippen molar-refractivity contribution in [2.24, 2.45) is 0 Å². The Morgan fingerprint density at radius 2 is 1.57 bits per heavy atom. The van der Waals surface area contributed by atoms with Crippen LogP contribution < -0.4 is 4.90 Å². The maximum absolute atomic E-state index is 14.1. The zero-order valence-corrected chi connectivity index (χ0v) is 18.6. The molecule has 0 N–H and O–H groups in total. The molecule has 0 unspecified atom stereocenters. The number of hydrogen-bond acceptors (Lipinski definition) is 3. The van der Waals surface area contributed by atoms with Crippen LogP contribution in [0.5, 0.6) is 0 Å². The zero-order valence-electron chi connectivity index (χ0n) is 18.6. The molecule has 1 amide bonds. The smallest absolute Gasteiger partial charge is 0.368 e. The number of benzene rings is 3. The molecule has 0 spiro atoms. The molecule has 4 nitrogen and oxygen atoms in total. The van der Waals surface area contributed by atoms with Crippen molar-refractivity contribution in [2.45, 2.75) is 6.18 Å². The molecule has 0 saturated carbocycles. The van der Waals surface area contributed by atoms with E-state index in [2.05, 4.69) is 4.98 Å². The number of nitrogens with zero attached hydrogens (tertiary/aromatic N) is 3. The SMILES string of the molecule is O=C(c1cc(-c2ccccc2)nc2ccc(F)cc12)N1CCN(c2cccc(C(F)(F)F)c2)CC1. The highest BCUT2D eigenvalue weighted by atomic mass is 19.4. The molecule has 8 heteroatoms. The number of hydrogen-bond donors (Lipinski definition) is 0. The number of piperazine rings is 1. The van der Waals surface area contributed by atoms with Crippen molar-refractivity contribution in [1.82, 2.24) is 9.88 Å². The van der Waals surface area contributed by atoms with Crippen LogP contribution in [0, 0.1) is 5.82 Å². The zero-order chi connectivity index (χ0) is 24.6. The molecule has 0 radical (unpaired) electrons. The number of aromatic nitrogens is 1. The van der Waals surface area contributed by atoms with Gasteiger partial charge in [-0.2, -0.15) is 13.2 Å². The lowest BCUT2D eigenvalue weighted by Gasteiger charge is -2.36. The van der Waals surface area contributed by atoms with Crippen LogP contribution in [0.25, 0.3) is 22.2 Å². The van der Waals surface area contributed by atoms with Crippen molar-refractivity contribution in [3.05, 3.63) is 95.8 Å². The quantitative estimate of drug-likeness (QED) is 0.337. The van der Waals surface area contributed by atoms with E-state index < -0.39 is 17.6 Å². The molecule has 1 aromatic heterocycles. The minimum Gasteiger partial charge on any atom is -0.368 e. The van der Waals surface area contributed by atoms with Gasteiger partial charge in [0.1, 0.15) is 5.82 Å². The Balaban J connectivity index is 1.42. The fourth-order valence-corrected chi connectivity index (χ4v) is 4.35. The minimum atomic E-state index is -4.41. The third-order valence-corrected chi connectivity index (χ3v) is 6.18. The van der Waals surface area contributed by atoms with Crippen LogP contribution in [0.1, 0.15) is 15.9 Å². The Labute approximate surface area is 199 Å². The van der Waals surface area contributed by atoms with Gasteiger partial charge in [0.15, 0.2) is 0 Å². The summed E-state index contributed by atoms with van der Waals surface area (Å²) in [4.78, 5) is 21.6. The van der Waals surface area contributed by atoms with Crippen LogP contribution in [0.2, 0.25) is 0 Å². The summed E-state index contributed by atoms with van der Waals surface area (Å²) < 4.78 is 53.4. The Kier molecular flexibility index (Phi) is 5.88. The van der Waals surface area contributed by atoms with Crippen LogP contribution in [-0.2, 0) is 6.18 Å². The highest BCUT2D eigenvalue weighted by molar-refractivity contribution is 6.07. The maximum atomic E-state index is 14.1. The van der Waals surface area contributed by atoms with Crippen LogP contribution in [-0.4, -0.2) is 42.0 Å². The van der Waals surface area contributed by atoms with E-state index in [0.29, 0.717) is 54.0 Å². The number of carbonyl (C=O) groups excluding carboxylic acids is 1. The molecule has 0 aliphatic carbocycles. The molecule has 35 heavy (non-hydrogen) atoms. The van der Waals surface area contributed by atoms with E-state index in [4.69, 9.17) is 0 Å². The molecule has 2 heterocycles. The third-order valence-electron chi connectivity index (χ3n) is 6.18. The normalized spacial score (nSPS) is 14.4. The van der Waals surface area contributed by atoms with Gasteiger partial charge in [0.05, 0.1) is 22.3 Å². The minimum absolute atomic E-state index is 0.260. The lowest BCUT2D eigenvalue weighted by molar-refractivity contribution is -0.137. The van der Waals surface area contributed by atoms with Gasteiger partial charge in [-0.05, 0) is 42.5 Å². The fourth-order valence-electron chi connectivity index (χ4n) is 4.35. The second-order valence-electron chi connectivity index (χ2n) is 8.41. The van der Waals surface area contributed by atoms with Crippen LogP contribution in [0.15, 0.2) is 78.9 Å². The standard InChI is InChI=1S/C27H21F4N3O/c28-20-9-10-24-22(16-20)23(17-25(32-24)18-5-2-1-3-6-18)26(35)34-13-11-33(12-14-34)21-8-4-7-19(15-21)27(29,30)31/h1-10,15-17H,11-14H2. The third kappa shape index (κ3) is 4.69. The van der Waals surface area contributed by atoms with Gasteiger partial charge in [-0.15, -0.1) is 0 Å². The summed E-state index contributed by atoms with van der Waals surface area (Å²) in [6, 6.07) is 20.5. The predicted molar refractivity (Wildman–Crippen MR) is 127 cm³/mol. The molecule has 1 aliphatic rings. The number of rotatable bonds is 3. The summed E-state index contributed by atoms with van der Waals surface area (Å²) in [5, 5.41) is 0.426. The van der Waals surface area contributed by atoms with Gasteiger partial charge >= 0.3 is 6.18 Å². The first kappa shape index (κ1) is 22.8. The molecule has 0 atom stereocenters. The Morgan fingerprint density at radius 1 is 0.829 bits per heavy atom. The Bertz CT molecular complexity index is 1380. The van der Waals surface area contributed by atoms with E-state index in [-0.39, 0.29) is 5.91 Å². The Hall–Kier alpha value is -3.94. The summed E-state index contributed by atoms with van der Waals surface area (Å²) in [6.07, 6.45) is -4.41. The van der Waals surface area contributed by atoms with Crippen LogP contribution in [0.4, 0.5) is 23.2 Å². The van der Waals surface area contributed by atoms with E-state index in [0.717, 1.165) is 17.7 Å². The molecule has 1 saturated heterocycles. The van der Waals surface area contributed by atoms with Gasteiger partial charge < -0.3 is 9.80 Å². The van der Waals surface area contributed by atoms with Crippen molar-refractivity contribution < 1.29 is 22.4 Å². The average molecular weight is 479 g/mol. The number of carbonyl (C=O) groups is 1. The monoisotopic (exact) mass is 479 g/mol. The van der Waals surface area contributed by atoms with Crippen molar-refractivity contribution in [3.63, 3.8) is 0 Å². The first-order chi connectivity index (χ1) is 16.8. The number of pyridine rings is 1. The Morgan fingerprint density at radius 3 is 2.29 bits per heavy atom. The van der Waals surface area contributed by atoms with E-state index >= 15 is 0 Å². The summed E-state index contributed by atoms with van der Waals surface area (Å²) >= 11 is 0. The van der Waals surface area contributed by atoms with E-state index in [9.17, 15) is 22.4 Å². The van der Waals surface area contributed by atoms with Gasteiger partial charge in [0.25, 0.3) is 5.91 Å². The summed E-state index contributed by atoms with van der Waals surface area (Å²) in [6.45, 7) is 1.43. The molecular weight excluding hydrogens is 458 g/mol. The number of anilines is 1. The second-order valence-corrected chi connectivity index (χ2v) is 8.41. The first-order valence-electron chi connectivity index (χ1n) is 11.2. The number of amides is 1. The molecule has 1 fully saturated rings. The van der Waals surface area contributed by atoms with Gasteiger partial charge in [-0.1, -0.05) is 36.4 Å². The number of alkyl halides is 3. The van der Waals surface area contributed by atoms with Gasteiger partial charge in [-0.25, -0.2) is 9.37 Å². The van der Waals surface area contributed by atoms with Crippen LogP contribution >= 0.6 is 0 Å². The molecule has 1 aliphatic heterocycles. The largest absolute Gasteiger partial charge is 0.416 e. The summed E-state index contributed by atoms with van der Waals surface area (Å²) in [5.74, 6) is -0.723. The van der Waals surface area contributed by atoms with Crippen molar-refractivity contribution in [1.29, 1.82) is 0 Å². The molecular formula is C27H21F4N3O. The van der Waals surface area contributed by atoms with Gasteiger partial charge in [0, 0.05) is 42.8 Å². The second kappa shape index (κ2) is 9.02. The first-order valence-corrected chi connectivity index (χ1v) is 11.2. The van der Waals surface area contributed by atoms with Crippen molar-refractivity contribution in [2.75, 3.05) is 31.1 Å². The average Bonchev–Trinajstić information content (AvgIpc) is 2.88. The van der Waals surface area contributed by atoms with Crippen LogP contribution in [0.3, 0.4) is 0 Å². The highest BCUT2D eigenvalue weighted by Crippen LogP contribution is 2.32. The number of fused-ring (bicyclic) bond motifs is 1. The van der Waals surface area contributed by atoms with E-state index in [1.54, 1.807) is 23.1 Å². The summed E-state index contributed by atoms with van der Waals surface area (Å²) in [7, 11) is 0. The molecule has 0 bridgehead atoms. The number of halogens is 4. The lowest BCUT2D eigenvalue weighted by Crippen LogP contribution is -2.48. The van der Waals surface area contributed by atoms with Gasteiger partial charge in [-0.3, -0.25) is 4.79 Å².